The molecule has 29 heavy (non-hydrogen) atoms. The highest BCUT2D eigenvalue weighted by Gasteiger charge is 2.48. The van der Waals surface area contributed by atoms with Crippen LogP contribution in [-0.4, -0.2) is 66.5 Å². The molecule has 4 rings (SSSR count). The Balaban J connectivity index is 1.30. The highest BCUT2D eigenvalue weighted by Crippen LogP contribution is 2.36. The van der Waals surface area contributed by atoms with E-state index in [1.54, 1.807) is 13.2 Å². The fraction of sp³-hybridized carbons (Fsp3) is 0.500. The Labute approximate surface area is 171 Å². The fourth-order valence-electron chi connectivity index (χ4n) is 4.11. The van der Waals surface area contributed by atoms with Crippen molar-refractivity contribution >= 4 is 23.9 Å². The molecule has 0 aromatic heterocycles. The Morgan fingerprint density at radius 1 is 1.10 bits per heavy atom. The second-order valence-electron chi connectivity index (χ2n) is 7.78. The minimum atomic E-state index is -0.721. The molecule has 2 heterocycles. The van der Waals surface area contributed by atoms with Crippen LogP contribution in [-0.2, 0) is 14.3 Å². The number of rotatable bonds is 3. The molecule has 0 unspecified atom stereocenters. The maximum Gasteiger partial charge on any atom is 0.296 e. The molecule has 1 spiro atoms. The quantitative estimate of drug-likeness (QED) is 0.733. The Morgan fingerprint density at radius 2 is 1.79 bits per heavy atom. The van der Waals surface area contributed by atoms with Crippen LogP contribution in [0.4, 0.5) is 0 Å². The molecule has 2 fully saturated rings. The first kappa shape index (κ1) is 19.5. The first-order valence-corrected chi connectivity index (χ1v) is 10.3. The van der Waals surface area contributed by atoms with E-state index in [1.165, 1.54) is 0 Å². The first-order valence-electron chi connectivity index (χ1n) is 10.3. The summed E-state index contributed by atoms with van der Waals surface area (Å²) in [6.45, 7) is 2.39. The van der Waals surface area contributed by atoms with Gasteiger partial charge in [0.25, 0.3) is 11.9 Å². The summed E-state index contributed by atoms with van der Waals surface area (Å²) in [4.78, 5) is 32.9. The van der Waals surface area contributed by atoms with E-state index in [9.17, 15) is 9.59 Å². The van der Waals surface area contributed by atoms with Gasteiger partial charge < -0.3 is 19.3 Å². The number of carbonyl (C=O) groups is 2. The Kier molecular flexibility index (Phi) is 5.56. The second kappa shape index (κ2) is 8.27. The number of benzene rings is 1. The van der Waals surface area contributed by atoms with Gasteiger partial charge in [-0.15, -0.1) is 0 Å². The van der Waals surface area contributed by atoms with Gasteiger partial charge in [0, 0.05) is 32.3 Å². The van der Waals surface area contributed by atoms with Crippen LogP contribution < -0.4 is 4.74 Å². The average molecular weight is 397 g/mol. The molecule has 0 radical (unpaired) electrons. The van der Waals surface area contributed by atoms with Gasteiger partial charge in [-0.1, -0.05) is 18.6 Å². The number of amidine groups is 1. The van der Waals surface area contributed by atoms with Gasteiger partial charge in [0.1, 0.15) is 5.75 Å². The van der Waals surface area contributed by atoms with Crippen molar-refractivity contribution in [2.75, 3.05) is 33.3 Å². The molecule has 1 aromatic carbocycles. The number of ether oxygens (including phenoxy) is 2. The molecular formula is C22H27N3O4. The molecule has 2 amide bonds. The van der Waals surface area contributed by atoms with E-state index in [4.69, 9.17) is 9.47 Å². The predicted octanol–water partition coefficient (Wildman–Crippen LogP) is 2.47. The third-order valence-corrected chi connectivity index (χ3v) is 5.93. The highest BCUT2D eigenvalue weighted by atomic mass is 16.5. The summed E-state index contributed by atoms with van der Waals surface area (Å²) >= 11 is 0. The van der Waals surface area contributed by atoms with Crippen molar-refractivity contribution in [1.82, 2.24) is 9.80 Å². The van der Waals surface area contributed by atoms with Crippen LogP contribution >= 0.6 is 0 Å². The van der Waals surface area contributed by atoms with E-state index in [0.717, 1.165) is 43.4 Å². The number of amides is 2. The van der Waals surface area contributed by atoms with Crippen LogP contribution in [0.15, 0.2) is 35.3 Å². The molecule has 2 aliphatic heterocycles. The summed E-state index contributed by atoms with van der Waals surface area (Å²) in [5.41, 5.74) is 0.226. The van der Waals surface area contributed by atoms with Gasteiger partial charge >= 0.3 is 0 Å². The van der Waals surface area contributed by atoms with Crippen LogP contribution in [0.2, 0.25) is 0 Å². The number of nitrogens with zero attached hydrogens (tertiary/aromatic N) is 3. The van der Waals surface area contributed by atoms with Crippen molar-refractivity contribution in [2.45, 2.75) is 37.7 Å². The highest BCUT2D eigenvalue weighted by molar-refractivity contribution is 6.01. The van der Waals surface area contributed by atoms with Crippen LogP contribution in [0.3, 0.4) is 0 Å². The van der Waals surface area contributed by atoms with Gasteiger partial charge in [0.15, 0.2) is 5.60 Å². The molecule has 7 heteroatoms. The summed E-state index contributed by atoms with van der Waals surface area (Å²) < 4.78 is 11.2. The smallest absolute Gasteiger partial charge is 0.296 e. The van der Waals surface area contributed by atoms with Crippen LogP contribution in [0.1, 0.15) is 37.7 Å². The van der Waals surface area contributed by atoms with Gasteiger partial charge in [-0.2, -0.15) is 4.99 Å². The zero-order chi connectivity index (χ0) is 20.3. The summed E-state index contributed by atoms with van der Waals surface area (Å²) in [6.07, 6.45) is 8.10. The summed E-state index contributed by atoms with van der Waals surface area (Å²) in [7, 11) is 1.63. The zero-order valence-electron chi connectivity index (χ0n) is 16.8. The number of aliphatic imine (C=N–C) groups is 1. The molecular weight excluding hydrogens is 370 g/mol. The lowest BCUT2D eigenvalue weighted by molar-refractivity contribution is -0.133. The lowest BCUT2D eigenvalue weighted by atomic mass is 9.84. The van der Waals surface area contributed by atoms with Gasteiger partial charge in [0.05, 0.1) is 7.11 Å². The molecule has 7 nitrogen and oxygen atoms in total. The summed E-state index contributed by atoms with van der Waals surface area (Å²) in [6, 6.07) is 8.00. The standard InChI is InChI=1S/C22H27N3O4/c1-28-18-8-5-17(6-9-18)7-10-19(26)24-13-15-25(16-14-24)21-23-20(27)22(29-21)11-3-2-4-12-22/h5-10H,2-4,11-16H2,1H3/b10-7+. The molecule has 3 aliphatic rings. The third-order valence-electron chi connectivity index (χ3n) is 5.93. The van der Waals surface area contributed by atoms with E-state index in [-0.39, 0.29) is 11.8 Å². The Morgan fingerprint density at radius 3 is 2.45 bits per heavy atom. The van der Waals surface area contributed by atoms with Crippen LogP contribution in [0, 0.1) is 0 Å². The van der Waals surface area contributed by atoms with Crippen LogP contribution in [0.25, 0.3) is 6.08 Å². The van der Waals surface area contributed by atoms with Crippen molar-refractivity contribution in [2.24, 2.45) is 4.99 Å². The van der Waals surface area contributed by atoms with Crippen LogP contribution in [0.5, 0.6) is 5.75 Å². The first-order chi connectivity index (χ1) is 14.1. The molecule has 0 bridgehead atoms. The second-order valence-corrected chi connectivity index (χ2v) is 7.78. The third kappa shape index (κ3) is 4.13. The van der Waals surface area contributed by atoms with E-state index in [0.29, 0.717) is 32.2 Å². The maximum atomic E-state index is 12.5. The summed E-state index contributed by atoms with van der Waals surface area (Å²) in [5.74, 6) is 0.637. The topological polar surface area (TPSA) is 71.4 Å². The molecule has 0 N–H and O–H groups in total. The molecule has 1 aromatic rings. The number of hydrogen-bond acceptors (Lipinski definition) is 5. The van der Waals surface area contributed by atoms with Crippen molar-refractivity contribution in [1.29, 1.82) is 0 Å². The van der Waals surface area contributed by atoms with Gasteiger partial charge in [0.2, 0.25) is 5.91 Å². The van der Waals surface area contributed by atoms with E-state index < -0.39 is 5.60 Å². The van der Waals surface area contributed by atoms with Gasteiger partial charge in [-0.25, -0.2) is 0 Å². The molecule has 1 aliphatic carbocycles. The largest absolute Gasteiger partial charge is 0.497 e. The average Bonchev–Trinajstić information content (AvgIpc) is 3.08. The van der Waals surface area contributed by atoms with E-state index >= 15 is 0 Å². The van der Waals surface area contributed by atoms with Crippen molar-refractivity contribution in [3.8, 4) is 5.75 Å². The van der Waals surface area contributed by atoms with Crippen molar-refractivity contribution < 1.29 is 19.1 Å². The van der Waals surface area contributed by atoms with Crippen molar-refractivity contribution in [3.63, 3.8) is 0 Å². The minimum Gasteiger partial charge on any atom is -0.497 e. The number of hydrogen-bond donors (Lipinski definition) is 0. The lowest BCUT2D eigenvalue weighted by Crippen LogP contribution is -2.51. The van der Waals surface area contributed by atoms with Crippen molar-refractivity contribution in [3.05, 3.63) is 35.9 Å². The van der Waals surface area contributed by atoms with E-state index in [1.807, 2.05) is 40.1 Å². The van der Waals surface area contributed by atoms with Gasteiger partial charge in [-0.3, -0.25) is 9.59 Å². The number of piperazine rings is 1. The van der Waals surface area contributed by atoms with E-state index in [2.05, 4.69) is 4.99 Å². The zero-order valence-corrected chi connectivity index (χ0v) is 16.8. The number of methoxy groups -OCH3 is 1. The Bertz CT molecular complexity index is 817. The summed E-state index contributed by atoms with van der Waals surface area (Å²) in [5, 5.41) is 0. The molecule has 1 saturated carbocycles. The SMILES string of the molecule is COc1ccc(/C=C/C(=O)N2CCN(C3=NC(=O)C4(CCCCC4)O3)CC2)cc1. The monoisotopic (exact) mass is 397 g/mol. The molecule has 0 atom stereocenters. The molecule has 154 valence electrons. The predicted molar refractivity (Wildman–Crippen MR) is 110 cm³/mol. The maximum absolute atomic E-state index is 12.5. The molecule has 1 saturated heterocycles. The normalized spacial score (nSPS) is 21.4. The Hall–Kier alpha value is -2.83. The van der Waals surface area contributed by atoms with Gasteiger partial charge in [-0.05, 0) is 49.5 Å². The minimum absolute atomic E-state index is 0.0189. The lowest BCUT2D eigenvalue weighted by Gasteiger charge is -2.36. The fourth-order valence-corrected chi connectivity index (χ4v) is 4.11. The number of carbonyl (C=O) groups excluding carboxylic acids is 2.